The standard InChI is InChI=1S/C20H25N3O6/c1-28-19(26)11-7-12(20(27)29-2)9-13(8-11)21-17(24)10-16-18(25)23-15-6-4-3-5-14(15)22-16/h7-9,14-16,22H,3-6,10H2,1-2H3,(H,21,24)(H,23,25)/p+1/t14-,15-,16+/m0/s1. The molecule has 2 aliphatic rings. The van der Waals surface area contributed by atoms with E-state index in [1.807, 2.05) is 5.32 Å². The van der Waals surface area contributed by atoms with Crippen LogP contribution in [-0.4, -0.2) is 56.1 Å². The number of carbonyl (C=O) groups is 4. The van der Waals surface area contributed by atoms with E-state index in [2.05, 4.69) is 20.1 Å². The number of nitrogens with two attached hydrogens (primary N) is 1. The zero-order valence-corrected chi connectivity index (χ0v) is 16.5. The number of amides is 2. The van der Waals surface area contributed by atoms with Crippen LogP contribution < -0.4 is 16.0 Å². The maximum atomic E-state index is 12.5. The molecule has 1 aliphatic carbocycles. The molecule has 1 saturated carbocycles. The van der Waals surface area contributed by atoms with E-state index in [1.165, 1.54) is 32.4 Å². The van der Waals surface area contributed by atoms with Gasteiger partial charge in [0.05, 0.1) is 37.8 Å². The number of methoxy groups -OCH3 is 2. The van der Waals surface area contributed by atoms with Gasteiger partial charge in [0.15, 0.2) is 6.04 Å². The Morgan fingerprint density at radius 1 is 1.07 bits per heavy atom. The highest BCUT2D eigenvalue weighted by atomic mass is 16.5. The van der Waals surface area contributed by atoms with Gasteiger partial charge in [0, 0.05) is 12.1 Å². The number of rotatable bonds is 5. The summed E-state index contributed by atoms with van der Waals surface area (Å²) in [5, 5.41) is 7.69. The summed E-state index contributed by atoms with van der Waals surface area (Å²) in [6, 6.07) is 4.13. The average molecular weight is 404 g/mol. The van der Waals surface area contributed by atoms with Gasteiger partial charge in [-0.05, 0) is 31.0 Å². The summed E-state index contributed by atoms with van der Waals surface area (Å²) in [6.07, 6.45) is 4.23. The van der Waals surface area contributed by atoms with Gasteiger partial charge in [-0.3, -0.25) is 9.59 Å². The second-order valence-corrected chi connectivity index (χ2v) is 7.40. The lowest BCUT2D eigenvalue weighted by Gasteiger charge is -2.37. The molecule has 1 saturated heterocycles. The molecule has 0 radical (unpaired) electrons. The highest BCUT2D eigenvalue weighted by molar-refractivity contribution is 6.00. The molecule has 0 bridgehead atoms. The molecule has 29 heavy (non-hydrogen) atoms. The average Bonchev–Trinajstić information content (AvgIpc) is 2.72. The summed E-state index contributed by atoms with van der Waals surface area (Å²) in [5.74, 6) is -1.81. The first-order valence-corrected chi connectivity index (χ1v) is 9.68. The normalized spacial score (nSPS) is 23.4. The third-order valence-corrected chi connectivity index (χ3v) is 5.43. The summed E-state index contributed by atoms with van der Waals surface area (Å²) in [4.78, 5) is 48.6. The van der Waals surface area contributed by atoms with E-state index < -0.39 is 18.0 Å². The molecular weight excluding hydrogens is 378 g/mol. The number of hydrogen-bond donors (Lipinski definition) is 3. The third kappa shape index (κ3) is 4.92. The number of ether oxygens (including phenoxy) is 2. The molecule has 1 aromatic rings. The molecule has 9 heteroatoms. The van der Waals surface area contributed by atoms with Gasteiger partial charge in [-0.1, -0.05) is 6.42 Å². The van der Waals surface area contributed by atoms with Crippen molar-refractivity contribution in [1.82, 2.24) is 5.32 Å². The zero-order valence-electron chi connectivity index (χ0n) is 16.5. The van der Waals surface area contributed by atoms with Crippen molar-refractivity contribution < 1.29 is 34.0 Å². The van der Waals surface area contributed by atoms with E-state index in [9.17, 15) is 19.2 Å². The van der Waals surface area contributed by atoms with Crippen LogP contribution in [0.1, 0.15) is 52.8 Å². The van der Waals surface area contributed by atoms with Crippen LogP contribution in [0.4, 0.5) is 5.69 Å². The quantitative estimate of drug-likeness (QED) is 0.591. The van der Waals surface area contributed by atoms with Crippen molar-refractivity contribution in [2.24, 2.45) is 0 Å². The summed E-state index contributed by atoms with van der Waals surface area (Å²) < 4.78 is 9.38. The molecule has 2 fully saturated rings. The molecule has 3 atom stereocenters. The van der Waals surface area contributed by atoms with Crippen LogP contribution in [0.15, 0.2) is 18.2 Å². The monoisotopic (exact) mass is 404 g/mol. The number of benzene rings is 1. The third-order valence-electron chi connectivity index (χ3n) is 5.43. The lowest BCUT2D eigenvalue weighted by Crippen LogP contribution is -3.03. The predicted octanol–water partition coefficient (Wildman–Crippen LogP) is -0.0386. The zero-order chi connectivity index (χ0) is 21.0. The number of hydrogen-bond acceptors (Lipinski definition) is 6. The Labute approximate surface area is 168 Å². The van der Waals surface area contributed by atoms with Crippen molar-refractivity contribution in [2.45, 2.75) is 50.2 Å². The van der Waals surface area contributed by atoms with Gasteiger partial charge in [-0.15, -0.1) is 0 Å². The minimum absolute atomic E-state index is 0.00887. The van der Waals surface area contributed by atoms with Gasteiger partial charge in [-0.25, -0.2) is 9.59 Å². The van der Waals surface area contributed by atoms with E-state index in [0.717, 1.165) is 25.7 Å². The van der Waals surface area contributed by atoms with E-state index in [1.54, 1.807) is 0 Å². The lowest BCUT2D eigenvalue weighted by molar-refractivity contribution is -0.718. The number of nitrogens with one attached hydrogen (secondary N) is 2. The highest BCUT2D eigenvalue weighted by Crippen LogP contribution is 2.20. The SMILES string of the molecule is COC(=O)c1cc(NC(=O)C[C@H]2[NH2+][C@H]3CCCC[C@@H]3NC2=O)cc(C(=O)OC)c1. The molecule has 2 amide bonds. The van der Waals surface area contributed by atoms with Crippen LogP contribution in [0.25, 0.3) is 0 Å². The maximum Gasteiger partial charge on any atom is 0.337 e. The fourth-order valence-electron chi connectivity index (χ4n) is 3.99. The highest BCUT2D eigenvalue weighted by Gasteiger charge is 2.40. The smallest absolute Gasteiger partial charge is 0.337 e. The van der Waals surface area contributed by atoms with Gasteiger partial charge in [0.2, 0.25) is 5.91 Å². The number of anilines is 1. The van der Waals surface area contributed by atoms with Gasteiger partial charge in [0.1, 0.15) is 6.04 Å². The molecule has 0 aromatic heterocycles. The lowest BCUT2D eigenvalue weighted by atomic mass is 9.87. The van der Waals surface area contributed by atoms with E-state index in [0.29, 0.717) is 6.04 Å². The van der Waals surface area contributed by atoms with Gasteiger partial charge in [-0.2, -0.15) is 0 Å². The van der Waals surface area contributed by atoms with Crippen molar-refractivity contribution in [1.29, 1.82) is 0 Å². The van der Waals surface area contributed by atoms with Crippen molar-refractivity contribution in [3.05, 3.63) is 29.3 Å². The first kappa shape index (κ1) is 20.8. The van der Waals surface area contributed by atoms with Gasteiger partial charge in [0.25, 0.3) is 5.91 Å². The fourth-order valence-corrected chi connectivity index (χ4v) is 3.99. The van der Waals surface area contributed by atoms with Crippen LogP contribution >= 0.6 is 0 Å². The van der Waals surface area contributed by atoms with E-state index in [4.69, 9.17) is 0 Å². The number of fused-ring (bicyclic) bond motifs is 1. The van der Waals surface area contributed by atoms with Crippen molar-refractivity contribution in [3.63, 3.8) is 0 Å². The summed E-state index contributed by atoms with van der Waals surface area (Å²) in [5.41, 5.74) is 0.473. The minimum atomic E-state index is -0.644. The molecular formula is C20H26N3O6+. The Hall–Kier alpha value is -2.94. The van der Waals surface area contributed by atoms with Gasteiger partial charge >= 0.3 is 11.9 Å². The van der Waals surface area contributed by atoms with Crippen LogP contribution in [0, 0.1) is 0 Å². The maximum absolute atomic E-state index is 12.5. The Morgan fingerprint density at radius 3 is 2.31 bits per heavy atom. The Balaban J connectivity index is 1.70. The summed E-state index contributed by atoms with van der Waals surface area (Å²) >= 11 is 0. The molecule has 1 heterocycles. The number of esters is 2. The Kier molecular flexibility index (Phi) is 6.48. The van der Waals surface area contributed by atoms with Crippen LogP contribution in [0.5, 0.6) is 0 Å². The summed E-state index contributed by atoms with van der Waals surface area (Å²) in [7, 11) is 2.45. The first-order chi connectivity index (χ1) is 13.9. The minimum Gasteiger partial charge on any atom is -0.465 e. The molecule has 4 N–H and O–H groups in total. The second-order valence-electron chi connectivity index (χ2n) is 7.40. The summed E-state index contributed by atoms with van der Waals surface area (Å²) in [6.45, 7) is 0. The van der Waals surface area contributed by atoms with E-state index in [-0.39, 0.29) is 41.1 Å². The Bertz CT molecular complexity index is 790. The van der Waals surface area contributed by atoms with Gasteiger partial charge < -0.3 is 25.4 Å². The second kappa shape index (κ2) is 9.04. The number of quaternary nitrogens is 1. The van der Waals surface area contributed by atoms with Crippen molar-refractivity contribution in [3.8, 4) is 0 Å². The molecule has 0 spiro atoms. The van der Waals surface area contributed by atoms with Crippen LogP contribution in [0.2, 0.25) is 0 Å². The first-order valence-electron chi connectivity index (χ1n) is 9.68. The fraction of sp³-hybridized carbons (Fsp3) is 0.500. The molecule has 156 valence electrons. The van der Waals surface area contributed by atoms with Crippen molar-refractivity contribution >= 4 is 29.4 Å². The molecule has 0 unspecified atom stereocenters. The topological polar surface area (TPSA) is 127 Å². The Morgan fingerprint density at radius 2 is 1.69 bits per heavy atom. The molecule has 3 rings (SSSR count). The molecule has 1 aromatic carbocycles. The van der Waals surface area contributed by atoms with Crippen LogP contribution in [-0.2, 0) is 19.1 Å². The van der Waals surface area contributed by atoms with E-state index >= 15 is 0 Å². The van der Waals surface area contributed by atoms with Crippen LogP contribution in [0.3, 0.4) is 0 Å². The predicted molar refractivity (Wildman–Crippen MR) is 102 cm³/mol. The molecule has 9 nitrogen and oxygen atoms in total. The number of carbonyl (C=O) groups excluding carboxylic acids is 4. The van der Waals surface area contributed by atoms with Crippen molar-refractivity contribution in [2.75, 3.05) is 19.5 Å². The molecule has 1 aliphatic heterocycles. The largest absolute Gasteiger partial charge is 0.465 e. The number of piperazine rings is 1.